The second kappa shape index (κ2) is 5.48. The molecule has 3 nitrogen and oxygen atoms in total. The zero-order valence-electron chi connectivity index (χ0n) is 10.9. The number of piperazine rings is 1. The summed E-state index contributed by atoms with van der Waals surface area (Å²) in [4.78, 5) is 15.9. The van der Waals surface area contributed by atoms with Crippen LogP contribution in [-0.4, -0.2) is 43.4 Å². The van der Waals surface area contributed by atoms with Crippen LogP contribution in [0.3, 0.4) is 0 Å². The molecule has 0 aromatic heterocycles. The van der Waals surface area contributed by atoms with Crippen LogP contribution in [0.1, 0.15) is 24.2 Å². The van der Waals surface area contributed by atoms with Gasteiger partial charge in [0.1, 0.15) is 5.82 Å². The maximum atomic E-state index is 14.0. The number of halogens is 1. The van der Waals surface area contributed by atoms with Crippen molar-refractivity contribution in [2.45, 2.75) is 13.8 Å². The Hall–Kier alpha value is -1.42. The Morgan fingerprint density at radius 1 is 1.28 bits per heavy atom. The van der Waals surface area contributed by atoms with Gasteiger partial charge >= 0.3 is 0 Å². The van der Waals surface area contributed by atoms with Crippen molar-refractivity contribution in [3.05, 3.63) is 29.6 Å². The second-order valence-electron chi connectivity index (χ2n) is 4.61. The summed E-state index contributed by atoms with van der Waals surface area (Å²) in [7, 11) is 0. The molecule has 0 saturated carbocycles. The highest BCUT2D eigenvalue weighted by Gasteiger charge is 2.22. The Balaban J connectivity index is 2.26. The second-order valence-corrected chi connectivity index (χ2v) is 4.61. The van der Waals surface area contributed by atoms with Crippen molar-refractivity contribution >= 4 is 11.5 Å². The summed E-state index contributed by atoms with van der Waals surface area (Å²) in [5, 5.41) is 0. The first-order valence-corrected chi connectivity index (χ1v) is 6.40. The molecule has 0 bridgehead atoms. The Morgan fingerprint density at radius 3 is 2.50 bits per heavy atom. The predicted octanol–water partition coefficient (Wildman–Crippen LogP) is 2.17. The van der Waals surface area contributed by atoms with E-state index in [9.17, 15) is 9.18 Å². The summed E-state index contributed by atoms with van der Waals surface area (Å²) in [6.07, 6.45) is 0. The minimum Gasteiger partial charge on any atom is -0.366 e. The van der Waals surface area contributed by atoms with Crippen molar-refractivity contribution in [3.63, 3.8) is 0 Å². The maximum Gasteiger partial charge on any atom is 0.161 e. The van der Waals surface area contributed by atoms with E-state index < -0.39 is 0 Å². The average Bonchev–Trinajstić information content (AvgIpc) is 2.38. The van der Waals surface area contributed by atoms with E-state index in [4.69, 9.17) is 0 Å². The standard InChI is InChI=1S/C14H19FN2O/c1-3-16-7-9-17(10-8-16)14-12(11(2)18)5-4-6-13(14)15/h4-6H,3,7-10H2,1-2H3. The molecule has 0 spiro atoms. The fraction of sp³-hybridized carbons (Fsp3) is 0.500. The highest BCUT2D eigenvalue weighted by atomic mass is 19.1. The number of nitrogens with zero attached hydrogens (tertiary/aromatic N) is 2. The predicted molar refractivity (Wildman–Crippen MR) is 70.7 cm³/mol. The lowest BCUT2D eigenvalue weighted by molar-refractivity contribution is 0.101. The lowest BCUT2D eigenvalue weighted by Crippen LogP contribution is -2.46. The number of para-hydroxylation sites is 1. The molecule has 2 rings (SSSR count). The third-order valence-electron chi connectivity index (χ3n) is 3.50. The number of ketones is 1. The van der Waals surface area contributed by atoms with Crippen LogP contribution >= 0.6 is 0 Å². The van der Waals surface area contributed by atoms with Gasteiger partial charge in [-0.25, -0.2) is 4.39 Å². The van der Waals surface area contributed by atoms with Gasteiger partial charge in [0.2, 0.25) is 0 Å². The number of anilines is 1. The number of rotatable bonds is 3. The van der Waals surface area contributed by atoms with E-state index in [0.717, 1.165) is 32.7 Å². The molecule has 1 saturated heterocycles. The normalized spacial score (nSPS) is 16.9. The van der Waals surface area contributed by atoms with E-state index in [0.29, 0.717) is 11.3 Å². The zero-order chi connectivity index (χ0) is 13.1. The lowest BCUT2D eigenvalue weighted by atomic mass is 10.1. The number of Topliss-reactive ketones (excluding diaryl/α,β-unsaturated/α-hetero) is 1. The zero-order valence-corrected chi connectivity index (χ0v) is 10.9. The van der Waals surface area contributed by atoms with E-state index in [1.165, 1.54) is 13.0 Å². The van der Waals surface area contributed by atoms with Crippen molar-refractivity contribution in [2.75, 3.05) is 37.6 Å². The Labute approximate surface area is 107 Å². The van der Waals surface area contributed by atoms with Crippen LogP contribution < -0.4 is 4.90 Å². The van der Waals surface area contributed by atoms with Gasteiger partial charge in [-0.1, -0.05) is 13.0 Å². The fourth-order valence-electron chi connectivity index (χ4n) is 2.41. The molecule has 0 radical (unpaired) electrons. The van der Waals surface area contributed by atoms with E-state index in [1.807, 2.05) is 4.90 Å². The molecule has 1 fully saturated rings. The van der Waals surface area contributed by atoms with Gasteiger partial charge in [0, 0.05) is 31.7 Å². The lowest BCUT2D eigenvalue weighted by Gasteiger charge is -2.36. The molecule has 0 amide bonds. The first kappa shape index (κ1) is 13.0. The summed E-state index contributed by atoms with van der Waals surface area (Å²) < 4.78 is 14.0. The highest BCUT2D eigenvalue weighted by Crippen LogP contribution is 2.26. The van der Waals surface area contributed by atoms with Gasteiger partial charge in [-0.2, -0.15) is 0 Å². The molecule has 18 heavy (non-hydrogen) atoms. The molecule has 0 atom stereocenters. The SMILES string of the molecule is CCN1CCN(c2c(F)cccc2C(C)=O)CC1. The first-order chi connectivity index (χ1) is 8.63. The number of benzene rings is 1. The molecule has 4 heteroatoms. The smallest absolute Gasteiger partial charge is 0.161 e. The highest BCUT2D eigenvalue weighted by molar-refractivity contribution is 5.99. The van der Waals surface area contributed by atoms with Crippen LogP contribution in [0.25, 0.3) is 0 Å². The Morgan fingerprint density at radius 2 is 1.94 bits per heavy atom. The van der Waals surface area contributed by atoms with Gasteiger partial charge in [-0.15, -0.1) is 0 Å². The summed E-state index contributed by atoms with van der Waals surface area (Å²) >= 11 is 0. The number of carbonyl (C=O) groups is 1. The van der Waals surface area contributed by atoms with Crippen LogP contribution in [0.4, 0.5) is 10.1 Å². The molecule has 0 N–H and O–H groups in total. The van der Waals surface area contributed by atoms with Crippen molar-refractivity contribution in [2.24, 2.45) is 0 Å². The topological polar surface area (TPSA) is 23.6 Å². The minimum atomic E-state index is -0.298. The molecule has 1 aromatic carbocycles. The summed E-state index contributed by atoms with van der Waals surface area (Å²) in [6, 6.07) is 4.72. The van der Waals surface area contributed by atoms with Crippen LogP contribution in [0.5, 0.6) is 0 Å². The minimum absolute atomic E-state index is 0.0811. The number of hydrogen-bond donors (Lipinski definition) is 0. The van der Waals surface area contributed by atoms with Gasteiger partial charge in [0.15, 0.2) is 5.78 Å². The molecule has 1 aliphatic heterocycles. The quantitative estimate of drug-likeness (QED) is 0.768. The molecule has 0 unspecified atom stereocenters. The van der Waals surface area contributed by atoms with Gasteiger partial charge < -0.3 is 9.80 Å². The van der Waals surface area contributed by atoms with Crippen molar-refractivity contribution in [1.82, 2.24) is 4.90 Å². The third kappa shape index (κ3) is 2.53. The Kier molecular flexibility index (Phi) is 3.97. The van der Waals surface area contributed by atoms with Gasteiger partial charge in [-0.3, -0.25) is 4.79 Å². The van der Waals surface area contributed by atoms with E-state index >= 15 is 0 Å². The van der Waals surface area contributed by atoms with Crippen molar-refractivity contribution < 1.29 is 9.18 Å². The molecule has 98 valence electrons. The summed E-state index contributed by atoms with van der Waals surface area (Å²) in [6.45, 7) is 8.01. The van der Waals surface area contributed by atoms with Crippen LogP contribution in [0.2, 0.25) is 0 Å². The van der Waals surface area contributed by atoms with Crippen LogP contribution in [-0.2, 0) is 0 Å². The summed E-state index contributed by atoms with van der Waals surface area (Å²) in [5.74, 6) is -0.380. The third-order valence-corrected chi connectivity index (χ3v) is 3.50. The number of hydrogen-bond acceptors (Lipinski definition) is 3. The molecular formula is C14H19FN2O. The molecule has 1 heterocycles. The number of carbonyl (C=O) groups excluding carboxylic acids is 1. The fourth-order valence-corrected chi connectivity index (χ4v) is 2.41. The van der Waals surface area contributed by atoms with Gasteiger partial charge in [0.25, 0.3) is 0 Å². The molecular weight excluding hydrogens is 231 g/mol. The molecule has 1 aromatic rings. The average molecular weight is 250 g/mol. The van der Waals surface area contributed by atoms with E-state index in [-0.39, 0.29) is 11.6 Å². The molecule has 0 aliphatic carbocycles. The number of likely N-dealkylation sites (N-methyl/N-ethyl adjacent to an activating group) is 1. The van der Waals surface area contributed by atoms with E-state index in [2.05, 4.69) is 11.8 Å². The van der Waals surface area contributed by atoms with Gasteiger partial charge in [-0.05, 0) is 25.6 Å². The molecule has 1 aliphatic rings. The van der Waals surface area contributed by atoms with Crippen LogP contribution in [0, 0.1) is 5.82 Å². The summed E-state index contributed by atoms with van der Waals surface area (Å²) in [5.41, 5.74) is 0.959. The first-order valence-electron chi connectivity index (χ1n) is 6.40. The van der Waals surface area contributed by atoms with Crippen molar-refractivity contribution in [1.29, 1.82) is 0 Å². The largest absolute Gasteiger partial charge is 0.366 e. The monoisotopic (exact) mass is 250 g/mol. The van der Waals surface area contributed by atoms with Crippen LogP contribution in [0.15, 0.2) is 18.2 Å². The van der Waals surface area contributed by atoms with E-state index in [1.54, 1.807) is 12.1 Å². The van der Waals surface area contributed by atoms with Crippen molar-refractivity contribution in [3.8, 4) is 0 Å². The Bertz CT molecular complexity index is 439. The van der Waals surface area contributed by atoms with Gasteiger partial charge in [0.05, 0.1) is 5.69 Å². The maximum absolute atomic E-state index is 14.0.